The fraction of sp³-hybridized carbons (Fsp3) is 0.462. The summed E-state index contributed by atoms with van der Waals surface area (Å²) in [5, 5.41) is 0. The van der Waals surface area contributed by atoms with Crippen LogP contribution in [0.4, 0.5) is 0 Å². The first-order chi connectivity index (χ1) is 6.99. The molecule has 1 aromatic carbocycles. The van der Waals surface area contributed by atoms with E-state index in [2.05, 4.69) is 26.0 Å². The fourth-order valence-electron chi connectivity index (χ4n) is 1.57. The smallest absolute Gasteiger partial charge is 0.138 e. The summed E-state index contributed by atoms with van der Waals surface area (Å²) in [5.74, 6) is 0.216. The molecule has 1 unspecified atom stereocenters. The van der Waals surface area contributed by atoms with Gasteiger partial charge in [-0.2, -0.15) is 0 Å². The molecule has 15 heavy (non-hydrogen) atoms. The molecule has 0 aliphatic heterocycles. The van der Waals surface area contributed by atoms with Crippen molar-refractivity contribution in [1.29, 1.82) is 0 Å². The van der Waals surface area contributed by atoms with Crippen molar-refractivity contribution in [2.24, 2.45) is 5.73 Å². The molecule has 2 heteroatoms. The lowest BCUT2D eigenvalue weighted by atomic mass is 10.0. The molecule has 0 aliphatic rings. The topological polar surface area (TPSA) is 43.1 Å². The molecular weight excluding hydrogens is 186 g/mol. The van der Waals surface area contributed by atoms with E-state index in [1.807, 2.05) is 13.0 Å². The molecule has 1 aromatic rings. The van der Waals surface area contributed by atoms with Crippen molar-refractivity contribution >= 4 is 5.78 Å². The molecule has 0 spiro atoms. The van der Waals surface area contributed by atoms with E-state index in [1.165, 1.54) is 11.1 Å². The highest BCUT2D eigenvalue weighted by Gasteiger charge is 2.06. The Bertz CT molecular complexity index is 356. The van der Waals surface area contributed by atoms with E-state index >= 15 is 0 Å². The molecule has 0 amide bonds. The van der Waals surface area contributed by atoms with Gasteiger partial charge in [-0.3, -0.25) is 4.79 Å². The average molecular weight is 205 g/mol. The number of rotatable bonds is 4. The second-order valence-electron chi connectivity index (χ2n) is 4.32. The van der Waals surface area contributed by atoms with Crippen molar-refractivity contribution in [2.45, 2.75) is 39.7 Å². The Labute approximate surface area is 91.5 Å². The number of benzene rings is 1. The summed E-state index contributed by atoms with van der Waals surface area (Å²) in [7, 11) is 0. The molecule has 2 nitrogen and oxygen atoms in total. The maximum absolute atomic E-state index is 11.5. The predicted octanol–water partition coefficient (Wildman–Crippen LogP) is 2.15. The summed E-state index contributed by atoms with van der Waals surface area (Å²) in [6, 6.07) is 6.11. The van der Waals surface area contributed by atoms with Gasteiger partial charge in [0.2, 0.25) is 0 Å². The molecular formula is C13H19NO. The Hall–Kier alpha value is -1.15. The number of carbonyl (C=O) groups is 1. The van der Waals surface area contributed by atoms with Gasteiger partial charge in [0.1, 0.15) is 5.78 Å². The van der Waals surface area contributed by atoms with Crippen LogP contribution in [0.2, 0.25) is 0 Å². The van der Waals surface area contributed by atoms with Gasteiger partial charge in [-0.1, -0.05) is 18.2 Å². The highest BCUT2D eigenvalue weighted by atomic mass is 16.1. The van der Waals surface area contributed by atoms with Crippen molar-refractivity contribution in [3.05, 3.63) is 34.9 Å². The van der Waals surface area contributed by atoms with E-state index in [0.29, 0.717) is 12.8 Å². The minimum atomic E-state index is -0.0379. The van der Waals surface area contributed by atoms with Crippen molar-refractivity contribution in [1.82, 2.24) is 0 Å². The highest BCUT2D eigenvalue weighted by molar-refractivity contribution is 5.81. The third kappa shape index (κ3) is 3.84. The van der Waals surface area contributed by atoms with E-state index in [4.69, 9.17) is 5.73 Å². The van der Waals surface area contributed by atoms with E-state index in [-0.39, 0.29) is 11.8 Å². The van der Waals surface area contributed by atoms with Gasteiger partial charge in [0.15, 0.2) is 0 Å². The second kappa shape index (κ2) is 5.08. The first kappa shape index (κ1) is 11.9. The van der Waals surface area contributed by atoms with Gasteiger partial charge in [0.25, 0.3) is 0 Å². The Morgan fingerprint density at radius 3 is 2.53 bits per heavy atom. The number of ketones is 1. The lowest BCUT2D eigenvalue weighted by molar-refractivity contribution is -0.118. The standard InChI is InChI=1S/C13H19NO/c1-9-4-5-12(6-10(9)2)8-13(15)7-11(3)14/h4-6,11H,7-8,14H2,1-3H3. The maximum atomic E-state index is 11.5. The number of aryl methyl sites for hydroxylation is 2. The van der Waals surface area contributed by atoms with Crippen molar-refractivity contribution < 1.29 is 4.79 Å². The molecule has 0 fully saturated rings. The van der Waals surface area contributed by atoms with Crippen LogP contribution in [0.15, 0.2) is 18.2 Å². The molecule has 0 saturated heterocycles. The summed E-state index contributed by atoms with van der Waals surface area (Å²) >= 11 is 0. The Morgan fingerprint density at radius 2 is 2.00 bits per heavy atom. The first-order valence-electron chi connectivity index (χ1n) is 5.32. The summed E-state index contributed by atoms with van der Waals surface area (Å²) in [6.45, 7) is 6.00. The van der Waals surface area contributed by atoms with Gasteiger partial charge < -0.3 is 5.73 Å². The molecule has 0 saturated carbocycles. The summed E-state index contributed by atoms with van der Waals surface area (Å²) < 4.78 is 0. The van der Waals surface area contributed by atoms with Crippen molar-refractivity contribution in [3.8, 4) is 0 Å². The number of carbonyl (C=O) groups excluding carboxylic acids is 1. The number of hydrogen-bond donors (Lipinski definition) is 1. The predicted molar refractivity (Wildman–Crippen MR) is 62.9 cm³/mol. The van der Waals surface area contributed by atoms with Crippen LogP contribution in [0.5, 0.6) is 0 Å². The van der Waals surface area contributed by atoms with Crippen LogP contribution in [0, 0.1) is 13.8 Å². The van der Waals surface area contributed by atoms with Gasteiger partial charge in [-0.05, 0) is 37.5 Å². The van der Waals surface area contributed by atoms with Crippen LogP contribution >= 0.6 is 0 Å². The number of nitrogens with two attached hydrogens (primary N) is 1. The van der Waals surface area contributed by atoms with E-state index < -0.39 is 0 Å². The minimum absolute atomic E-state index is 0.0379. The zero-order chi connectivity index (χ0) is 11.4. The highest BCUT2D eigenvalue weighted by Crippen LogP contribution is 2.11. The Balaban J connectivity index is 2.65. The summed E-state index contributed by atoms with van der Waals surface area (Å²) in [6.07, 6.45) is 0.968. The van der Waals surface area contributed by atoms with Crippen LogP contribution in [-0.4, -0.2) is 11.8 Å². The monoisotopic (exact) mass is 205 g/mol. The van der Waals surface area contributed by atoms with Gasteiger partial charge in [-0.15, -0.1) is 0 Å². The molecule has 0 radical (unpaired) electrons. The summed E-state index contributed by atoms with van der Waals surface area (Å²) in [4.78, 5) is 11.5. The van der Waals surface area contributed by atoms with Gasteiger partial charge >= 0.3 is 0 Å². The van der Waals surface area contributed by atoms with Crippen LogP contribution in [-0.2, 0) is 11.2 Å². The van der Waals surface area contributed by atoms with Crippen LogP contribution < -0.4 is 5.73 Å². The minimum Gasteiger partial charge on any atom is -0.328 e. The SMILES string of the molecule is Cc1ccc(CC(=O)CC(C)N)cc1C. The summed E-state index contributed by atoms with van der Waals surface area (Å²) in [5.41, 5.74) is 9.17. The Morgan fingerprint density at radius 1 is 1.33 bits per heavy atom. The number of Topliss-reactive ketones (excluding diaryl/α,β-unsaturated/α-hetero) is 1. The molecule has 82 valence electrons. The molecule has 0 aromatic heterocycles. The maximum Gasteiger partial charge on any atom is 0.138 e. The largest absolute Gasteiger partial charge is 0.328 e. The molecule has 0 heterocycles. The molecule has 1 rings (SSSR count). The quantitative estimate of drug-likeness (QED) is 0.818. The lowest BCUT2D eigenvalue weighted by Gasteiger charge is -2.06. The first-order valence-corrected chi connectivity index (χ1v) is 5.32. The normalized spacial score (nSPS) is 12.5. The van der Waals surface area contributed by atoms with Crippen LogP contribution in [0.3, 0.4) is 0 Å². The Kier molecular flexibility index (Phi) is 4.04. The fourth-order valence-corrected chi connectivity index (χ4v) is 1.57. The molecule has 0 aliphatic carbocycles. The zero-order valence-electron chi connectivity index (χ0n) is 9.71. The van der Waals surface area contributed by atoms with Gasteiger partial charge in [0, 0.05) is 18.9 Å². The lowest BCUT2D eigenvalue weighted by Crippen LogP contribution is -2.20. The van der Waals surface area contributed by atoms with E-state index in [9.17, 15) is 4.79 Å². The molecule has 2 N–H and O–H groups in total. The third-order valence-corrected chi connectivity index (χ3v) is 2.52. The third-order valence-electron chi connectivity index (χ3n) is 2.52. The van der Waals surface area contributed by atoms with E-state index in [0.717, 1.165) is 5.56 Å². The van der Waals surface area contributed by atoms with Crippen LogP contribution in [0.1, 0.15) is 30.0 Å². The second-order valence-corrected chi connectivity index (χ2v) is 4.32. The van der Waals surface area contributed by atoms with Crippen molar-refractivity contribution in [3.63, 3.8) is 0 Å². The number of hydrogen-bond acceptors (Lipinski definition) is 2. The molecule has 1 atom stereocenters. The van der Waals surface area contributed by atoms with Gasteiger partial charge in [-0.25, -0.2) is 0 Å². The van der Waals surface area contributed by atoms with Crippen molar-refractivity contribution in [2.75, 3.05) is 0 Å². The van der Waals surface area contributed by atoms with E-state index in [1.54, 1.807) is 0 Å². The van der Waals surface area contributed by atoms with Crippen LogP contribution in [0.25, 0.3) is 0 Å². The average Bonchev–Trinajstić information content (AvgIpc) is 2.10. The zero-order valence-corrected chi connectivity index (χ0v) is 9.71. The van der Waals surface area contributed by atoms with Gasteiger partial charge in [0.05, 0.1) is 0 Å². The molecule has 0 bridgehead atoms.